The third-order valence-electron chi connectivity index (χ3n) is 3.64. The molecule has 0 aliphatic carbocycles. The van der Waals surface area contributed by atoms with E-state index in [0.717, 1.165) is 16.5 Å². The smallest absolute Gasteiger partial charge is 0.258 e. The first kappa shape index (κ1) is 14.3. The molecule has 112 valence electrons. The van der Waals surface area contributed by atoms with Crippen molar-refractivity contribution in [2.24, 2.45) is 0 Å². The van der Waals surface area contributed by atoms with Gasteiger partial charge in [-0.2, -0.15) is 0 Å². The molecule has 1 aliphatic rings. The van der Waals surface area contributed by atoms with Crippen molar-refractivity contribution in [3.05, 3.63) is 39.2 Å². The Balaban J connectivity index is 1.90. The van der Waals surface area contributed by atoms with Crippen LogP contribution in [0, 0.1) is 20.8 Å². The van der Waals surface area contributed by atoms with Gasteiger partial charge in [0.25, 0.3) is 5.91 Å². The SMILES string of the molecule is Cc1cc(C(=O)N2CCOC[C@@H]2c2csc(C)n2)c(C)o1. The third-order valence-corrected chi connectivity index (χ3v) is 4.43. The number of rotatable bonds is 2. The molecule has 0 aromatic carbocycles. The van der Waals surface area contributed by atoms with Gasteiger partial charge in [-0.05, 0) is 26.8 Å². The van der Waals surface area contributed by atoms with Crippen LogP contribution in [-0.4, -0.2) is 35.5 Å². The Morgan fingerprint density at radius 1 is 1.43 bits per heavy atom. The van der Waals surface area contributed by atoms with E-state index in [0.29, 0.717) is 31.1 Å². The first-order chi connectivity index (χ1) is 10.1. The van der Waals surface area contributed by atoms with Gasteiger partial charge in [-0.15, -0.1) is 11.3 Å². The lowest BCUT2D eigenvalue weighted by molar-refractivity contribution is -0.00385. The molecule has 1 aliphatic heterocycles. The summed E-state index contributed by atoms with van der Waals surface area (Å²) < 4.78 is 11.0. The van der Waals surface area contributed by atoms with E-state index in [1.165, 1.54) is 0 Å². The molecule has 6 heteroatoms. The van der Waals surface area contributed by atoms with Gasteiger partial charge >= 0.3 is 0 Å². The molecule has 1 amide bonds. The van der Waals surface area contributed by atoms with Crippen LogP contribution in [0.25, 0.3) is 0 Å². The van der Waals surface area contributed by atoms with E-state index in [1.807, 2.05) is 31.1 Å². The second-order valence-electron chi connectivity index (χ2n) is 5.21. The molecule has 0 unspecified atom stereocenters. The van der Waals surface area contributed by atoms with Crippen molar-refractivity contribution in [2.45, 2.75) is 26.8 Å². The van der Waals surface area contributed by atoms with Crippen LogP contribution in [0.5, 0.6) is 0 Å². The molecule has 0 saturated carbocycles. The summed E-state index contributed by atoms with van der Waals surface area (Å²) in [5.41, 5.74) is 1.54. The fourth-order valence-corrected chi connectivity index (χ4v) is 3.28. The van der Waals surface area contributed by atoms with E-state index in [2.05, 4.69) is 4.98 Å². The van der Waals surface area contributed by atoms with Crippen molar-refractivity contribution < 1.29 is 13.9 Å². The maximum Gasteiger partial charge on any atom is 0.258 e. The number of carbonyl (C=O) groups is 1. The van der Waals surface area contributed by atoms with E-state index in [4.69, 9.17) is 9.15 Å². The number of thiazole rings is 1. The second kappa shape index (κ2) is 5.61. The van der Waals surface area contributed by atoms with E-state index < -0.39 is 0 Å². The van der Waals surface area contributed by atoms with Crippen LogP contribution in [0.3, 0.4) is 0 Å². The Kier molecular flexibility index (Phi) is 3.82. The fourth-order valence-electron chi connectivity index (χ4n) is 2.62. The lowest BCUT2D eigenvalue weighted by Gasteiger charge is -2.34. The highest BCUT2D eigenvalue weighted by Gasteiger charge is 2.32. The van der Waals surface area contributed by atoms with Gasteiger partial charge in [0, 0.05) is 11.9 Å². The largest absolute Gasteiger partial charge is 0.466 e. The number of aromatic nitrogens is 1. The summed E-state index contributed by atoms with van der Waals surface area (Å²) in [6, 6.07) is 1.68. The molecular weight excluding hydrogens is 288 g/mol. The summed E-state index contributed by atoms with van der Waals surface area (Å²) >= 11 is 1.59. The van der Waals surface area contributed by atoms with Gasteiger partial charge in [-0.3, -0.25) is 4.79 Å². The minimum absolute atomic E-state index is 0.0108. The van der Waals surface area contributed by atoms with Gasteiger partial charge in [-0.25, -0.2) is 4.98 Å². The Morgan fingerprint density at radius 3 is 2.86 bits per heavy atom. The summed E-state index contributed by atoms with van der Waals surface area (Å²) in [7, 11) is 0. The standard InChI is InChI=1S/C15H18N2O3S/c1-9-6-12(10(2)20-9)15(18)17-4-5-19-7-14(17)13-8-21-11(3)16-13/h6,8,14H,4-5,7H2,1-3H3/t14-/m1/s1. The van der Waals surface area contributed by atoms with Crippen molar-refractivity contribution >= 4 is 17.2 Å². The van der Waals surface area contributed by atoms with Gasteiger partial charge in [0.2, 0.25) is 0 Å². The molecule has 1 saturated heterocycles. The minimum Gasteiger partial charge on any atom is -0.466 e. The van der Waals surface area contributed by atoms with Crippen LogP contribution >= 0.6 is 11.3 Å². The average molecular weight is 306 g/mol. The summed E-state index contributed by atoms with van der Waals surface area (Å²) in [5.74, 6) is 1.41. The zero-order valence-corrected chi connectivity index (χ0v) is 13.2. The predicted octanol–water partition coefficient (Wildman–Crippen LogP) is 2.88. The van der Waals surface area contributed by atoms with E-state index in [-0.39, 0.29) is 11.9 Å². The van der Waals surface area contributed by atoms with Crippen LogP contribution < -0.4 is 0 Å². The molecule has 3 rings (SSSR count). The van der Waals surface area contributed by atoms with Gasteiger partial charge < -0.3 is 14.1 Å². The molecule has 0 spiro atoms. The van der Waals surface area contributed by atoms with Crippen LogP contribution in [0.2, 0.25) is 0 Å². The molecule has 0 radical (unpaired) electrons. The van der Waals surface area contributed by atoms with Crippen LogP contribution in [0.4, 0.5) is 0 Å². The predicted molar refractivity (Wildman–Crippen MR) is 79.6 cm³/mol. The Bertz CT molecular complexity index is 662. The molecule has 3 heterocycles. The van der Waals surface area contributed by atoms with Gasteiger partial charge in [0.15, 0.2) is 0 Å². The monoisotopic (exact) mass is 306 g/mol. The van der Waals surface area contributed by atoms with Crippen LogP contribution in [0.15, 0.2) is 15.9 Å². The minimum atomic E-state index is -0.120. The number of hydrogen-bond acceptors (Lipinski definition) is 5. The van der Waals surface area contributed by atoms with Crippen LogP contribution in [0.1, 0.15) is 38.6 Å². The number of aryl methyl sites for hydroxylation is 3. The highest BCUT2D eigenvalue weighted by atomic mass is 32.1. The van der Waals surface area contributed by atoms with E-state index >= 15 is 0 Å². The van der Waals surface area contributed by atoms with Crippen LogP contribution in [-0.2, 0) is 4.74 Å². The lowest BCUT2D eigenvalue weighted by Crippen LogP contribution is -2.43. The highest BCUT2D eigenvalue weighted by molar-refractivity contribution is 7.09. The fraction of sp³-hybridized carbons (Fsp3) is 0.467. The number of nitrogens with zero attached hydrogens (tertiary/aromatic N) is 2. The third kappa shape index (κ3) is 2.73. The van der Waals surface area contributed by atoms with Crippen molar-refractivity contribution in [2.75, 3.05) is 19.8 Å². The topological polar surface area (TPSA) is 55.6 Å². The van der Waals surface area contributed by atoms with Gasteiger partial charge in [0.1, 0.15) is 11.5 Å². The normalized spacial score (nSPS) is 19.0. The van der Waals surface area contributed by atoms with Gasteiger partial charge in [0.05, 0.1) is 35.5 Å². The molecular formula is C15H18N2O3S. The van der Waals surface area contributed by atoms with E-state index in [9.17, 15) is 4.79 Å². The number of amides is 1. The number of furan rings is 1. The molecule has 0 bridgehead atoms. The summed E-state index contributed by atoms with van der Waals surface area (Å²) in [6.45, 7) is 7.26. The lowest BCUT2D eigenvalue weighted by atomic mass is 10.1. The Hall–Kier alpha value is -1.66. The zero-order valence-electron chi connectivity index (χ0n) is 12.4. The highest BCUT2D eigenvalue weighted by Crippen LogP contribution is 2.28. The maximum atomic E-state index is 12.8. The summed E-state index contributed by atoms with van der Waals surface area (Å²) in [4.78, 5) is 19.2. The van der Waals surface area contributed by atoms with Crippen molar-refractivity contribution in [3.8, 4) is 0 Å². The quantitative estimate of drug-likeness (QED) is 0.856. The maximum absolute atomic E-state index is 12.8. The zero-order chi connectivity index (χ0) is 15.0. The molecule has 1 fully saturated rings. The van der Waals surface area contributed by atoms with Crippen molar-refractivity contribution in [3.63, 3.8) is 0 Å². The first-order valence-electron chi connectivity index (χ1n) is 6.94. The van der Waals surface area contributed by atoms with Crippen molar-refractivity contribution in [1.82, 2.24) is 9.88 Å². The molecule has 2 aromatic rings. The van der Waals surface area contributed by atoms with E-state index in [1.54, 1.807) is 17.4 Å². The summed E-state index contributed by atoms with van der Waals surface area (Å²) in [6.07, 6.45) is 0. The molecule has 2 aromatic heterocycles. The molecule has 0 N–H and O–H groups in total. The van der Waals surface area contributed by atoms with Crippen molar-refractivity contribution in [1.29, 1.82) is 0 Å². The second-order valence-corrected chi connectivity index (χ2v) is 6.27. The first-order valence-corrected chi connectivity index (χ1v) is 7.82. The number of carbonyl (C=O) groups excluding carboxylic acids is 1. The number of morpholine rings is 1. The Labute approximate surface area is 127 Å². The molecule has 1 atom stereocenters. The number of hydrogen-bond donors (Lipinski definition) is 0. The summed E-state index contributed by atoms with van der Waals surface area (Å²) in [5, 5.41) is 3.00. The average Bonchev–Trinajstić information content (AvgIpc) is 3.04. The number of ether oxygens (including phenoxy) is 1. The molecule has 21 heavy (non-hydrogen) atoms. The van der Waals surface area contributed by atoms with Gasteiger partial charge in [-0.1, -0.05) is 0 Å². The Morgan fingerprint density at radius 2 is 2.24 bits per heavy atom. The molecule has 5 nitrogen and oxygen atoms in total.